The molecule has 0 aromatic heterocycles. The van der Waals surface area contributed by atoms with Crippen LogP contribution in [-0.2, 0) is 0 Å². The standard InChI is InChI=1S/C10H22N2O/c1-2-3-9-4-5-12(6-9)7-10(11)8-13/h9-10,13H,2-8,11H2,1H3. The first kappa shape index (κ1) is 11.0. The highest BCUT2D eigenvalue weighted by atomic mass is 16.3. The van der Waals surface area contributed by atoms with E-state index in [0.717, 1.165) is 12.5 Å². The summed E-state index contributed by atoms with van der Waals surface area (Å²) in [6, 6.07) is -0.0552. The van der Waals surface area contributed by atoms with E-state index >= 15 is 0 Å². The maximum absolute atomic E-state index is 8.81. The molecule has 0 bridgehead atoms. The zero-order chi connectivity index (χ0) is 9.68. The molecule has 0 aromatic carbocycles. The normalized spacial score (nSPS) is 26.5. The van der Waals surface area contributed by atoms with Crippen molar-refractivity contribution in [3.63, 3.8) is 0 Å². The number of aliphatic hydroxyl groups excluding tert-OH is 1. The zero-order valence-electron chi connectivity index (χ0n) is 8.58. The van der Waals surface area contributed by atoms with Gasteiger partial charge in [0, 0.05) is 19.1 Å². The third-order valence-corrected chi connectivity index (χ3v) is 2.79. The van der Waals surface area contributed by atoms with Crippen LogP contribution in [-0.4, -0.2) is 42.3 Å². The summed E-state index contributed by atoms with van der Waals surface area (Å²) in [5.41, 5.74) is 5.68. The van der Waals surface area contributed by atoms with Gasteiger partial charge in [-0.15, -0.1) is 0 Å². The lowest BCUT2D eigenvalue weighted by Gasteiger charge is -2.19. The van der Waals surface area contributed by atoms with Gasteiger partial charge in [-0.2, -0.15) is 0 Å². The second-order valence-electron chi connectivity index (χ2n) is 4.15. The Labute approximate surface area is 80.9 Å². The highest BCUT2D eigenvalue weighted by Crippen LogP contribution is 2.20. The van der Waals surface area contributed by atoms with Crippen molar-refractivity contribution in [1.82, 2.24) is 4.90 Å². The van der Waals surface area contributed by atoms with Gasteiger partial charge in [0.25, 0.3) is 0 Å². The van der Waals surface area contributed by atoms with Crippen LogP contribution in [0.2, 0.25) is 0 Å². The minimum Gasteiger partial charge on any atom is -0.395 e. The number of aliphatic hydroxyl groups is 1. The monoisotopic (exact) mass is 186 g/mol. The fourth-order valence-electron chi connectivity index (χ4n) is 2.11. The van der Waals surface area contributed by atoms with Gasteiger partial charge in [0.1, 0.15) is 0 Å². The van der Waals surface area contributed by atoms with E-state index in [9.17, 15) is 0 Å². The van der Waals surface area contributed by atoms with Crippen LogP contribution in [0.5, 0.6) is 0 Å². The Balaban J connectivity index is 2.17. The van der Waals surface area contributed by atoms with Crippen LogP contribution < -0.4 is 5.73 Å². The van der Waals surface area contributed by atoms with Gasteiger partial charge in [0.2, 0.25) is 0 Å². The molecule has 0 aromatic rings. The lowest BCUT2D eigenvalue weighted by Crippen LogP contribution is -2.38. The zero-order valence-corrected chi connectivity index (χ0v) is 8.58. The van der Waals surface area contributed by atoms with Gasteiger partial charge in [0.05, 0.1) is 6.61 Å². The molecule has 3 heteroatoms. The fourth-order valence-corrected chi connectivity index (χ4v) is 2.11. The molecule has 0 radical (unpaired) electrons. The molecule has 0 amide bonds. The van der Waals surface area contributed by atoms with Crippen LogP contribution in [0.3, 0.4) is 0 Å². The maximum atomic E-state index is 8.81. The van der Waals surface area contributed by atoms with Crippen molar-refractivity contribution in [2.45, 2.75) is 32.2 Å². The third kappa shape index (κ3) is 3.63. The Hall–Kier alpha value is -0.120. The molecular weight excluding hydrogens is 164 g/mol. The van der Waals surface area contributed by atoms with Crippen LogP contribution in [0.15, 0.2) is 0 Å². The molecule has 0 aliphatic carbocycles. The molecule has 1 rings (SSSR count). The maximum Gasteiger partial charge on any atom is 0.0595 e. The third-order valence-electron chi connectivity index (χ3n) is 2.79. The summed E-state index contributed by atoms with van der Waals surface area (Å²) in [5, 5.41) is 8.81. The summed E-state index contributed by atoms with van der Waals surface area (Å²) in [4.78, 5) is 2.38. The number of nitrogens with zero attached hydrogens (tertiary/aromatic N) is 1. The summed E-state index contributed by atoms with van der Waals surface area (Å²) in [6.45, 7) is 5.55. The molecule has 3 nitrogen and oxygen atoms in total. The quantitative estimate of drug-likeness (QED) is 0.654. The van der Waals surface area contributed by atoms with Crippen LogP contribution in [0.1, 0.15) is 26.2 Å². The van der Waals surface area contributed by atoms with Crippen molar-refractivity contribution in [2.24, 2.45) is 11.7 Å². The van der Waals surface area contributed by atoms with Gasteiger partial charge in [-0.1, -0.05) is 13.3 Å². The minimum absolute atomic E-state index is 0.0552. The number of likely N-dealkylation sites (tertiary alicyclic amines) is 1. The average Bonchev–Trinajstić information content (AvgIpc) is 2.53. The molecule has 78 valence electrons. The van der Waals surface area contributed by atoms with Crippen LogP contribution >= 0.6 is 0 Å². The van der Waals surface area contributed by atoms with Crippen LogP contribution in [0.4, 0.5) is 0 Å². The molecule has 1 fully saturated rings. The first-order valence-corrected chi connectivity index (χ1v) is 5.35. The topological polar surface area (TPSA) is 49.5 Å². The van der Waals surface area contributed by atoms with Crippen molar-refractivity contribution in [3.05, 3.63) is 0 Å². The van der Waals surface area contributed by atoms with Gasteiger partial charge in [-0.25, -0.2) is 0 Å². The molecule has 1 heterocycles. The molecule has 1 aliphatic heterocycles. The number of hydrogen-bond donors (Lipinski definition) is 2. The molecule has 13 heavy (non-hydrogen) atoms. The Morgan fingerprint density at radius 3 is 3.00 bits per heavy atom. The van der Waals surface area contributed by atoms with Crippen molar-refractivity contribution in [2.75, 3.05) is 26.2 Å². The first-order chi connectivity index (χ1) is 6.26. The number of hydrogen-bond acceptors (Lipinski definition) is 3. The van der Waals surface area contributed by atoms with E-state index in [4.69, 9.17) is 10.8 Å². The van der Waals surface area contributed by atoms with Gasteiger partial charge in [-0.3, -0.25) is 0 Å². The van der Waals surface area contributed by atoms with E-state index in [2.05, 4.69) is 11.8 Å². The summed E-state index contributed by atoms with van der Waals surface area (Å²) < 4.78 is 0. The van der Waals surface area contributed by atoms with Gasteiger partial charge in [0.15, 0.2) is 0 Å². The predicted molar refractivity (Wildman–Crippen MR) is 54.5 cm³/mol. The van der Waals surface area contributed by atoms with Gasteiger partial charge < -0.3 is 15.7 Å². The average molecular weight is 186 g/mol. The van der Waals surface area contributed by atoms with E-state index in [1.165, 1.54) is 32.4 Å². The van der Waals surface area contributed by atoms with Crippen LogP contribution in [0.25, 0.3) is 0 Å². The smallest absolute Gasteiger partial charge is 0.0595 e. The number of nitrogens with two attached hydrogens (primary N) is 1. The molecule has 2 unspecified atom stereocenters. The summed E-state index contributed by atoms with van der Waals surface area (Å²) in [7, 11) is 0. The van der Waals surface area contributed by atoms with E-state index < -0.39 is 0 Å². The van der Waals surface area contributed by atoms with E-state index in [0.29, 0.717) is 0 Å². The van der Waals surface area contributed by atoms with Crippen molar-refractivity contribution in [1.29, 1.82) is 0 Å². The second kappa shape index (κ2) is 5.58. The van der Waals surface area contributed by atoms with Crippen LogP contribution in [0, 0.1) is 5.92 Å². The van der Waals surface area contributed by atoms with Crippen molar-refractivity contribution < 1.29 is 5.11 Å². The minimum atomic E-state index is -0.0552. The Bertz CT molecular complexity index is 141. The highest BCUT2D eigenvalue weighted by Gasteiger charge is 2.22. The summed E-state index contributed by atoms with van der Waals surface area (Å²) in [5.74, 6) is 0.871. The summed E-state index contributed by atoms with van der Waals surface area (Å²) >= 11 is 0. The largest absolute Gasteiger partial charge is 0.395 e. The molecule has 3 N–H and O–H groups in total. The Kier molecular flexibility index (Phi) is 4.70. The molecular formula is C10H22N2O. The van der Waals surface area contributed by atoms with Gasteiger partial charge >= 0.3 is 0 Å². The van der Waals surface area contributed by atoms with Gasteiger partial charge in [-0.05, 0) is 25.3 Å². The SMILES string of the molecule is CCCC1CCN(CC(N)CO)C1. The number of rotatable bonds is 5. The molecule has 1 saturated heterocycles. The molecule has 1 aliphatic rings. The second-order valence-corrected chi connectivity index (χ2v) is 4.15. The van der Waals surface area contributed by atoms with Crippen molar-refractivity contribution >= 4 is 0 Å². The van der Waals surface area contributed by atoms with E-state index in [-0.39, 0.29) is 12.6 Å². The Morgan fingerprint density at radius 2 is 2.38 bits per heavy atom. The molecule has 2 atom stereocenters. The lowest BCUT2D eigenvalue weighted by molar-refractivity contribution is 0.218. The summed E-state index contributed by atoms with van der Waals surface area (Å²) in [6.07, 6.45) is 3.93. The predicted octanol–water partition coefficient (Wildman–Crippen LogP) is 0.428. The molecule has 0 saturated carbocycles. The Morgan fingerprint density at radius 1 is 1.62 bits per heavy atom. The molecule has 0 spiro atoms. The lowest BCUT2D eigenvalue weighted by atomic mass is 10.0. The van der Waals surface area contributed by atoms with E-state index in [1.807, 2.05) is 0 Å². The van der Waals surface area contributed by atoms with E-state index in [1.54, 1.807) is 0 Å². The highest BCUT2D eigenvalue weighted by molar-refractivity contribution is 4.78. The van der Waals surface area contributed by atoms with Crippen molar-refractivity contribution in [3.8, 4) is 0 Å². The fraction of sp³-hybridized carbons (Fsp3) is 1.00. The first-order valence-electron chi connectivity index (χ1n) is 5.35.